The number of benzene rings is 2. The Morgan fingerprint density at radius 1 is 0.750 bits per heavy atom. The van der Waals surface area contributed by atoms with Gasteiger partial charge in [-0.05, 0) is 29.6 Å². The quantitative estimate of drug-likeness (QED) is 0.487. The summed E-state index contributed by atoms with van der Waals surface area (Å²) in [4.78, 5) is 43.3. The molecule has 1 saturated heterocycles. The molecule has 1 aliphatic heterocycles. The Bertz CT molecular complexity index is 1340. The number of thiophene rings is 1. The molecule has 3 heterocycles. The van der Waals surface area contributed by atoms with Gasteiger partial charge in [0.2, 0.25) is 0 Å². The molecule has 0 unspecified atom stereocenters. The lowest BCUT2D eigenvalue weighted by Crippen LogP contribution is -2.50. The molecule has 0 N–H and O–H groups in total. The summed E-state index contributed by atoms with van der Waals surface area (Å²) in [7, 11) is 0. The number of amides is 2. The van der Waals surface area contributed by atoms with E-state index in [4.69, 9.17) is 0 Å². The fourth-order valence-electron chi connectivity index (χ4n) is 3.91. The second-order valence-corrected chi connectivity index (χ2v) is 8.46. The Hall–Kier alpha value is -3.78. The minimum atomic E-state index is -0.269. The van der Waals surface area contributed by atoms with Gasteiger partial charge in [-0.25, -0.2) is 0 Å². The van der Waals surface area contributed by atoms with Crippen molar-refractivity contribution in [3.8, 4) is 5.69 Å². The highest BCUT2D eigenvalue weighted by Gasteiger charge is 2.28. The SMILES string of the molecule is O=C(c1cccs1)N1CCN(C(=O)c2nn(-c3ccccc3)c(=O)c3ccccc23)CC1. The smallest absolute Gasteiger partial charge is 0.279 e. The van der Waals surface area contributed by atoms with E-state index in [2.05, 4.69) is 5.10 Å². The molecule has 5 rings (SSSR count). The maximum atomic E-state index is 13.5. The van der Waals surface area contributed by atoms with E-state index in [-0.39, 0.29) is 23.1 Å². The Morgan fingerprint density at radius 3 is 2.03 bits per heavy atom. The van der Waals surface area contributed by atoms with Crippen LogP contribution in [-0.2, 0) is 0 Å². The zero-order valence-electron chi connectivity index (χ0n) is 17.2. The van der Waals surface area contributed by atoms with Gasteiger partial charge in [-0.1, -0.05) is 42.5 Å². The van der Waals surface area contributed by atoms with Crippen LogP contribution in [0.4, 0.5) is 0 Å². The monoisotopic (exact) mass is 444 g/mol. The lowest BCUT2D eigenvalue weighted by Gasteiger charge is -2.34. The fraction of sp³-hybridized carbons (Fsp3) is 0.167. The highest BCUT2D eigenvalue weighted by molar-refractivity contribution is 7.12. The molecule has 1 fully saturated rings. The number of hydrogen-bond acceptors (Lipinski definition) is 5. The molecule has 32 heavy (non-hydrogen) atoms. The van der Waals surface area contributed by atoms with Crippen LogP contribution in [0.1, 0.15) is 20.2 Å². The van der Waals surface area contributed by atoms with E-state index in [9.17, 15) is 14.4 Å². The van der Waals surface area contributed by atoms with Gasteiger partial charge in [0.15, 0.2) is 5.69 Å². The highest BCUT2D eigenvalue weighted by Crippen LogP contribution is 2.19. The molecule has 2 amide bonds. The van der Waals surface area contributed by atoms with Gasteiger partial charge in [0.05, 0.1) is 16.0 Å². The van der Waals surface area contributed by atoms with Gasteiger partial charge in [-0.2, -0.15) is 9.78 Å². The molecule has 0 saturated carbocycles. The summed E-state index contributed by atoms with van der Waals surface area (Å²) in [5.41, 5.74) is 0.570. The third-order valence-corrected chi connectivity index (χ3v) is 6.45. The van der Waals surface area contributed by atoms with E-state index >= 15 is 0 Å². The van der Waals surface area contributed by atoms with Gasteiger partial charge >= 0.3 is 0 Å². The average Bonchev–Trinajstić information content (AvgIpc) is 3.39. The lowest BCUT2D eigenvalue weighted by atomic mass is 10.1. The summed E-state index contributed by atoms with van der Waals surface area (Å²) in [5, 5.41) is 7.33. The molecule has 2 aromatic carbocycles. The van der Waals surface area contributed by atoms with E-state index in [1.807, 2.05) is 35.7 Å². The molecule has 160 valence electrons. The normalized spacial score (nSPS) is 14.0. The Kier molecular flexibility index (Phi) is 5.28. The van der Waals surface area contributed by atoms with Crippen LogP contribution in [0.5, 0.6) is 0 Å². The van der Waals surface area contributed by atoms with Gasteiger partial charge in [0.25, 0.3) is 17.4 Å². The summed E-state index contributed by atoms with van der Waals surface area (Å²) in [5.74, 6) is -0.248. The predicted octanol–water partition coefficient (Wildman–Crippen LogP) is 3.05. The summed E-state index contributed by atoms with van der Waals surface area (Å²) >= 11 is 1.42. The van der Waals surface area contributed by atoms with E-state index in [0.29, 0.717) is 47.5 Å². The van der Waals surface area contributed by atoms with E-state index in [1.165, 1.54) is 16.0 Å². The van der Waals surface area contributed by atoms with E-state index in [1.54, 1.807) is 46.2 Å². The second-order valence-electron chi connectivity index (χ2n) is 7.51. The van der Waals surface area contributed by atoms with Crippen molar-refractivity contribution in [2.24, 2.45) is 0 Å². The number of piperazine rings is 1. The topological polar surface area (TPSA) is 75.5 Å². The summed E-state index contributed by atoms with van der Waals surface area (Å²) in [6.07, 6.45) is 0. The van der Waals surface area contributed by atoms with Crippen molar-refractivity contribution in [3.63, 3.8) is 0 Å². The van der Waals surface area contributed by atoms with Crippen LogP contribution in [0.25, 0.3) is 16.5 Å². The maximum Gasteiger partial charge on any atom is 0.279 e. The fourth-order valence-corrected chi connectivity index (χ4v) is 4.60. The number of carbonyl (C=O) groups is 2. The van der Waals surface area contributed by atoms with Crippen LogP contribution >= 0.6 is 11.3 Å². The second kappa shape index (κ2) is 8.39. The molecule has 7 nitrogen and oxygen atoms in total. The number of fused-ring (bicyclic) bond motifs is 1. The Morgan fingerprint density at radius 2 is 1.38 bits per heavy atom. The third kappa shape index (κ3) is 3.58. The largest absolute Gasteiger partial charge is 0.334 e. The van der Waals surface area contributed by atoms with Gasteiger partial charge in [-0.15, -0.1) is 11.3 Å². The number of nitrogens with zero attached hydrogens (tertiary/aromatic N) is 4. The van der Waals surface area contributed by atoms with Crippen molar-refractivity contribution in [2.45, 2.75) is 0 Å². The minimum absolute atomic E-state index is 0.00620. The van der Waals surface area contributed by atoms with Crippen molar-refractivity contribution in [1.82, 2.24) is 19.6 Å². The molecule has 8 heteroatoms. The van der Waals surface area contributed by atoms with Crippen LogP contribution in [0.3, 0.4) is 0 Å². The third-order valence-electron chi connectivity index (χ3n) is 5.59. The summed E-state index contributed by atoms with van der Waals surface area (Å²) < 4.78 is 1.28. The molecular weight excluding hydrogens is 424 g/mol. The average molecular weight is 445 g/mol. The lowest BCUT2D eigenvalue weighted by molar-refractivity contribution is 0.0535. The van der Waals surface area contributed by atoms with Gasteiger partial charge in [0, 0.05) is 31.6 Å². The van der Waals surface area contributed by atoms with Crippen molar-refractivity contribution >= 4 is 33.9 Å². The molecule has 1 aliphatic rings. The van der Waals surface area contributed by atoms with Crippen molar-refractivity contribution in [2.75, 3.05) is 26.2 Å². The molecule has 0 aliphatic carbocycles. The van der Waals surface area contributed by atoms with Gasteiger partial charge in [-0.3, -0.25) is 14.4 Å². The number of para-hydroxylation sites is 1. The standard InChI is InChI=1S/C24H20N4O3S/c29-22-19-10-5-4-9-18(19)21(25-28(22)17-7-2-1-3-8-17)24(31)27-14-12-26(13-15-27)23(30)20-11-6-16-32-20/h1-11,16H,12-15H2. The molecule has 0 radical (unpaired) electrons. The number of carbonyl (C=O) groups excluding carboxylic acids is 2. The summed E-state index contributed by atoms with van der Waals surface area (Å²) in [6.45, 7) is 1.74. The van der Waals surface area contributed by atoms with Crippen LogP contribution in [0.15, 0.2) is 76.9 Å². The van der Waals surface area contributed by atoms with Gasteiger partial charge in [0.1, 0.15) is 0 Å². The number of hydrogen-bond donors (Lipinski definition) is 0. The van der Waals surface area contributed by atoms with E-state index in [0.717, 1.165) is 0 Å². The first-order chi connectivity index (χ1) is 15.6. The Labute approximate surface area is 188 Å². The zero-order valence-corrected chi connectivity index (χ0v) is 18.0. The molecular formula is C24H20N4O3S. The molecule has 0 bridgehead atoms. The first kappa shape index (κ1) is 20.1. The molecule has 0 atom stereocenters. The van der Waals surface area contributed by atoms with Crippen LogP contribution in [-0.4, -0.2) is 57.6 Å². The maximum absolute atomic E-state index is 13.5. The van der Waals surface area contributed by atoms with Crippen molar-refractivity contribution in [1.29, 1.82) is 0 Å². The molecule has 4 aromatic rings. The van der Waals surface area contributed by atoms with Crippen LogP contribution < -0.4 is 5.56 Å². The highest BCUT2D eigenvalue weighted by atomic mass is 32.1. The van der Waals surface area contributed by atoms with Crippen LogP contribution in [0.2, 0.25) is 0 Å². The van der Waals surface area contributed by atoms with Gasteiger partial charge < -0.3 is 9.80 Å². The molecule has 0 spiro atoms. The number of aromatic nitrogens is 2. The van der Waals surface area contributed by atoms with Crippen molar-refractivity contribution in [3.05, 3.63) is 93.0 Å². The zero-order chi connectivity index (χ0) is 22.1. The van der Waals surface area contributed by atoms with E-state index < -0.39 is 0 Å². The number of rotatable bonds is 3. The minimum Gasteiger partial charge on any atom is -0.334 e. The first-order valence-corrected chi connectivity index (χ1v) is 11.2. The summed E-state index contributed by atoms with van der Waals surface area (Å²) in [6, 6.07) is 19.8. The molecule has 2 aromatic heterocycles. The predicted molar refractivity (Wildman–Crippen MR) is 123 cm³/mol. The van der Waals surface area contributed by atoms with Crippen LogP contribution in [0, 0.1) is 0 Å². The first-order valence-electron chi connectivity index (χ1n) is 10.3. The Balaban J connectivity index is 1.46. The van der Waals surface area contributed by atoms with Crippen molar-refractivity contribution < 1.29 is 9.59 Å².